The van der Waals surface area contributed by atoms with Gasteiger partial charge < -0.3 is 4.90 Å². The molecule has 0 saturated carbocycles. The van der Waals surface area contributed by atoms with E-state index in [4.69, 9.17) is 0 Å². The molecule has 1 unspecified atom stereocenters. The Morgan fingerprint density at radius 2 is 2.28 bits per heavy atom. The third kappa shape index (κ3) is 3.12. The van der Waals surface area contributed by atoms with Crippen LogP contribution in [0.25, 0.3) is 0 Å². The largest absolute Gasteiger partial charge is 0.338 e. The number of amides is 1. The van der Waals surface area contributed by atoms with E-state index in [1.54, 1.807) is 17.0 Å². The summed E-state index contributed by atoms with van der Waals surface area (Å²) in [5.74, 6) is -0.123. The maximum Gasteiger partial charge on any atom is 0.256 e. The predicted molar refractivity (Wildman–Crippen MR) is 76.5 cm³/mol. The quantitative estimate of drug-likeness (QED) is 0.732. The molecule has 1 aromatic carbocycles. The Bertz CT molecular complexity index is 453. The molecule has 0 aromatic heterocycles. The van der Waals surface area contributed by atoms with Crippen LogP contribution < -0.4 is 0 Å². The van der Waals surface area contributed by atoms with Crippen LogP contribution in [-0.2, 0) is 0 Å². The molecule has 1 heterocycles. The van der Waals surface area contributed by atoms with Crippen molar-refractivity contribution >= 4 is 37.8 Å². The second-order valence-corrected chi connectivity index (χ2v) is 6.22. The van der Waals surface area contributed by atoms with E-state index in [2.05, 4.69) is 31.9 Å². The highest BCUT2D eigenvalue weighted by Gasteiger charge is 2.27. The van der Waals surface area contributed by atoms with Gasteiger partial charge in [0.2, 0.25) is 0 Å². The van der Waals surface area contributed by atoms with Crippen molar-refractivity contribution in [3.63, 3.8) is 0 Å². The molecule has 2 nitrogen and oxygen atoms in total. The van der Waals surface area contributed by atoms with Gasteiger partial charge in [-0.3, -0.25) is 4.79 Å². The molecule has 0 spiro atoms. The van der Waals surface area contributed by atoms with Crippen LogP contribution in [0.15, 0.2) is 22.7 Å². The molecule has 98 valence electrons. The lowest BCUT2D eigenvalue weighted by atomic mass is 10.1. The number of carbonyl (C=O) groups excluding carboxylic acids is 1. The molecule has 0 N–H and O–H groups in total. The Hall–Kier alpha value is -0.420. The number of carbonyl (C=O) groups is 1. The lowest BCUT2D eigenvalue weighted by Crippen LogP contribution is -2.29. The molecule has 1 fully saturated rings. The van der Waals surface area contributed by atoms with Crippen molar-refractivity contribution in [1.82, 2.24) is 4.90 Å². The summed E-state index contributed by atoms with van der Waals surface area (Å²) in [4.78, 5) is 13.9. The Balaban J connectivity index is 2.08. The lowest BCUT2D eigenvalue weighted by molar-refractivity contribution is 0.0782. The summed E-state index contributed by atoms with van der Waals surface area (Å²) in [6, 6.07) is 4.57. The van der Waals surface area contributed by atoms with Gasteiger partial charge in [-0.05, 0) is 37.0 Å². The zero-order chi connectivity index (χ0) is 13.1. The fourth-order valence-electron chi connectivity index (χ4n) is 2.24. The Morgan fingerprint density at radius 1 is 1.50 bits per heavy atom. The molecule has 0 aliphatic carbocycles. The number of halogens is 3. The molecule has 18 heavy (non-hydrogen) atoms. The third-order valence-electron chi connectivity index (χ3n) is 3.25. The first-order chi connectivity index (χ1) is 8.61. The van der Waals surface area contributed by atoms with Crippen LogP contribution in [0.1, 0.15) is 23.2 Å². The molecule has 2 rings (SSSR count). The highest BCUT2D eigenvalue weighted by Crippen LogP contribution is 2.23. The Labute approximate surface area is 123 Å². The smallest absolute Gasteiger partial charge is 0.256 e. The highest BCUT2D eigenvalue weighted by atomic mass is 79.9. The summed E-state index contributed by atoms with van der Waals surface area (Å²) in [6.07, 6.45) is 2.07. The molecule has 1 aliphatic heterocycles. The normalized spacial score (nSPS) is 19.3. The minimum atomic E-state index is -0.460. The fraction of sp³-hybridized carbons (Fsp3) is 0.462. The van der Waals surface area contributed by atoms with E-state index in [9.17, 15) is 9.18 Å². The number of hydrogen-bond donors (Lipinski definition) is 0. The SMILES string of the molecule is O=C(c1ccc(Br)cc1F)N1CCC(CCBr)C1. The van der Waals surface area contributed by atoms with Gasteiger partial charge >= 0.3 is 0 Å². The highest BCUT2D eigenvalue weighted by molar-refractivity contribution is 9.10. The molecular formula is C13H14Br2FNO. The van der Waals surface area contributed by atoms with Crippen LogP contribution in [0.2, 0.25) is 0 Å². The van der Waals surface area contributed by atoms with Gasteiger partial charge in [-0.1, -0.05) is 31.9 Å². The van der Waals surface area contributed by atoms with Gasteiger partial charge in [0.05, 0.1) is 5.56 Å². The molecule has 1 amide bonds. The van der Waals surface area contributed by atoms with Crippen LogP contribution in [0.3, 0.4) is 0 Å². The van der Waals surface area contributed by atoms with E-state index in [1.807, 2.05) is 0 Å². The standard InChI is InChI=1S/C13H14Br2FNO/c14-5-3-9-4-6-17(8-9)13(18)11-2-1-10(15)7-12(11)16/h1-2,7,9H,3-6,8H2. The van der Waals surface area contributed by atoms with Gasteiger partial charge in [0.15, 0.2) is 0 Å². The van der Waals surface area contributed by atoms with Gasteiger partial charge in [0.1, 0.15) is 5.82 Å². The Morgan fingerprint density at radius 3 is 2.94 bits per heavy atom. The van der Waals surface area contributed by atoms with Crippen molar-refractivity contribution in [2.45, 2.75) is 12.8 Å². The topological polar surface area (TPSA) is 20.3 Å². The van der Waals surface area contributed by atoms with Crippen LogP contribution in [0.5, 0.6) is 0 Å². The summed E-state index contributed by atoms with van der Waals surface area (Å²) in [5, 5.41) is 0.951. The molecule has 1 aromatic rings. The third-order valence-corrected chi connectivity index (χ3v) is 4.20. The minimum absolute atomic E-state index is 0.165. The second kappa shape index (κ2) is 6.15. The minimum Gasteiger partial charge on any atom is -0.338 e. The van der Waals surface area contributed by atoms with E-state index in [0.29, 0.717) is 10.4 Å². The molecule has 0 radical (unpaired) electrons. The zero-order valence-corrected chi connectivity index (χ0v) is 13.0. The molecule has 0 bridgehead atoms. The lowest BCUT2D eigenvalue weighted by Gasteiger charge is -2.17. The zero-order valence-electron chi connectivity index (χ0n) is 9.83. The molecule has 1 saturated heterocycles. The first-order valence-electron chi connectivity index (χ1n) is 5.92. The number of benzene rings is 1. The number of alkyl halides is 1. The predicted octanol–water partition coefficient (Wildman–Crippen LogP) is 3.84. The monoisotopic (exact) mass is 377 g/mol. The molecular weight excluding hydrogens is 365 g/mol. The van der Waals surface area contributed by atoms with Crippen LogP contribution in [0.4, 0.5) is 4.39 Å². The fourth-order valence-corrected chi connectivity index (χ4v) is 3.22. The number of likely N-dealkylation sites (tertiary alicyclic amines) is 1. The first kappa shape index (κ1) is 14.0. The van der Waals surface area contributed by atoms with E-state index in [-0.39, 0.29) is 11.5 Å². The van der Waals surface area contributed by atoms with E-state index in [1.165, 1.54) is 6.07 Å². The van der Waals surface area contributed by atoms with Gasteiger partial charge in [0, 0.05) is 22.9 Å². The summed E-state index contributed by atoms with van der Waals surface area (Å²) >= 11 is 6.60. The second-order valence-electron chi connectivity index (χ2n) is 4.51. The van der Waals surface area contributed by atoms with Crippen LogP contribution >= 0.6 is 31.9 Å². The summed E-state index contributed by atoms with van der Waals surface area (Å²) in [7, 11) is 0. The summed E-state index contributed by atoms with van der Waals surface area (Å²) < 4.78 is 14.4. The van der Waals surface area contributed by atoms with Gasteiger partial charge in [-0.25, -0.2) is 4.39 Å². The van der Waals surface area contributed by atoms with E-state index in [0.717, 1.165) is 31.3 Å². The molecule has 5 heteroatoms. The summed E-state index contributed by atoms with van der Waals surface area (Å²) in [6.45, 7) is 1.46. The van der Waals surface area contributed by atoms with Crippen molar-refractivity contribution in [2.24, 2.45) is 5.92 Å². The molecule has 1 aliphatic rings. The van der Waals surface area contributed by atoms with Gasteiger partial charge in [-0.2, -0.15) is 0 Å². The van der Waals surface area contributed by atoms with Crippen molar-refractivity contribution in [1.29, 1.82) is 0 Å². The average molecular weight is 379 g/mol. The molecule has 1 atom stereocenters. The van der Waals surface area contributed by atoms with E-state index < -0.39 is 5.82 Å². The van der Waals surface area contributed by atoms with Crippen molar-refractivity contribution in [2.75, 3.05) is 18.4 Å². The number of rotatable bonds is 3. The van der Waals surface area contributed by atoms with Crippen molar-refractivity contribution in [3.05, 3.63) is 34.1 Å². The van der Waals surface area contributed by atoms with Crippen molar-refractivity contribution < 1.29 is 9.18 Å². The number of hydrogen-bond acceptors (Lipinski definition) is 1. The Kier molecular flexibility index (Phi) is 4.78. The van der Waals surface area contributed by atoms with Gasteiger partial charge in [-0.15, -0.1) is 0 Å². The van der Waals surface area contributed by atoms with Crippen LogP contribution in [-0.4, -0.2) is 29.2 Å². The summed E-state index contributed by atoms with van der Waals surface area (Å²) in [5.41, 5.74) is 0.165. The average Bonchev–Trinajstić information content (AvgIpc) is 2.77. The van der Waals surface area contributed by atoms with Crippen LogP contribution in [0, 0.1) is 11.7 Å². The maximum absolute atomic E-state index is 13.7. The van der Waals surface area contributed by atoms with Crippen molar-refractivity contribution in [3.8, 4) is 0 Å². The maximum atomic E-state index is 13.7. The van der Waals surface area contributed by atoms with Gasteiger partial charge in [0.25, 0.3) is 5.91 Å². The first-order valence-corrected chi connectivity index (χ1v) is 7.83. The number of nitrogens with zero attached hydrogens (tertiary/aromatic N) is 1. The van der Waals surface area contributed by atoms with E-state index >= 15 is 0 Å².